The Morgan fingerprint density at radius 2 is 1.17 bits per heavy atom. The number of nitrogens with zero attached hydrogens (tertiary/aromatic N) is 2. The van der Waals surface area contributed by atoms with Gasteiger partial charge in [-0.3, -0.25) is 0 Å². The van der Waals surface area contributed by atoms with Gasteiger partial charge in [0.2, 0.25) is 0 Å². The zero-order valence-corrected chi connectivity index (χ0v) is 27.9. The van der Waals surface area contributed by atoms with E-state index in [9.17, 15) is 0 Å². The van der Waals surface area contributed by atoms with Crippen LogP contribution >= 0.6 is 21.8 Å². The first kappa shape index (κ1) is 26.9. The molecule has 0 atom stereocenters. The van der Waals surface area contributed by atoms with Gasteiger partial charge in [-0.25, -0.2) is 0 Å². The third-order valence-electron chi connectivity index (χ3n) is 10.5. The van der Waals surface area contributed by atoms with Crippen LogP contribution < -0.4 is 20.6 Å². The molecular weight excluding hydrogens is 619 g/mol. The molecule has 0 bridgehead atoms. The van der Waals surface area contributed by atoms with E-state index in [4.69, 9.17) is 0 Å². The fourth-order valence-electron chi connectivity index (χ4n) is 8.75. The summed E-state index contributed by atoms with van der Waals surface area (Å²) in [6.45, 7) is 2.30. The maximum atomic E-state index is 2.67. The molecule has 0 amide bonds. The lowest BCUT2D eigenvalue weighted by atomic mass is 9.43. The number of fused-ring (bicyclic) bond motifs is 8. The minimum atomic E-state index is -1.85. The van der Waals surface area contributed by atoms with E-state index in [2.05, 4.69) is 174 Å². The predicted molar refractivity (Wildman–Crippen MR) is 203 cm³/mol. The summed E-state index contributed by atoms with van der Waals surface area (Å²) >= 11 is 1.90. The molecule has 7 aromatic carbocycles. The molecule has 0 saturated carbocycles. The van der Waals surface area contributed by atoms with E-state index in [1.54, 1.807) is 0 Å². The molecule has 7 aromatic rings. The minimum Gasteiger partial charge on any atom is -0.374 e. The van der Waals surface area contributed by atoms with E-state index < -0.39 is 10.0 Å². The molecule has 0 fully saturated rings. The van der Waals surface area contributed by atoms with Gasteiger partial charge in [0.1, 0.15) is 0 Å². The van der Waals surface area contributed by atoms with Gasteiger partial charge in [-0.1, -0.05) is 103 Å². The minimum absolute atomic E-state index is 0.0337. The first-order valence-corrected chi connectivity index (χ1v) is 19.0. The summed E-state index contributed by atoms with van der Waals surface area (Å²) in [4.78, 5) is 13.5. The third kappa shape index (κ3) is 3.28. The summed E-state index contributed by atoms with van der Waals surface area (Å²) < 4.78 is 0. The van der Waals surface area contributed by atoms with Gasteiger partial charge < -0.3 is 9.71 Å². The average molecular weight is 649 g/mol. The highest BCUT2D eigenvalue weighted by Gasteiger charge is 2.52. The fourth-order valence-corrected chi connectivity index (χ4v) is 14.0. The Hall–Kier alpha value is -5.10. The van der Waals surface area contributed by atoms with Crippen molar-refractivity contribution in [1.82, 2.24) is 0 Å². The number of anilines is 5. The predicted octanol–water partition coefficient (Wildman–Crippen LogP) is 10.8. The topological polar surface area (TPSA) is 6.48 Å². The van der Waals surface area contributed by atoms with Crippen molar-refractivity contribution in [3.8, 4) is 11.1 Å². The lowest BCUT2D eigenvalue weighted by Gasteiger charge is -2.54. The molecule has 4 heterocycles. The molecule has 5 heteroatoms. The molecule has 0 aliphatic carbocycles. The Morgan fingerprint density at radius 1 is 0.521 bits per heavy atom. The molecule has 11 rings (SSSR count). The quantitative estimate of drug-likeness (QED) is 0.172. The SMILES string of the molecule is Cc1cc2c3c(c1)N1c4ccccc4S(c4ccccc4)(c4ccccc4)c4cccc(c41)B3N1c3ccccc3Sc3cccc-2c31. The largest absolute Gasteiger partial charge is 0.374 e. The van der Waals surface area contributed by atoms with Crippen molar-refractivity contribution in [3.63, 3.8) is 0 Å². The summed E-state index contributed by atoms with van der Waals surface area (Å²) in [5, 5.41) is 0. The first-order chi connectivity index (χ1) is 23.7. The number of para-hydroxylation sites is 4. The zero-order chi connectivity index (χ0) is 31.6. The second-order valence-electron chi connectivity index (χ2n) is 13.0. The van der Waals surface area contributed by atoms with Crippen LogP contribution in [0.5, 0.6) is 0 Å². The molecule has 0 radical (unpaired) electrons. The van der Waals surface area contributed by atoms with Gasteiger partial charge in [-0.05, 0) is 95.7 Å². The van der Waals surface area contributed by atoms with Crippen LogP contribution in [-0.2, 0) is 0 Å². The van der Waals surface area contributed by atoms with E-state index in [0.29, 0.717) is 0 Å². The number of benzene rings is 7. The highest BCUT2D eigenvalue weighted by Crippen LogP contribution is 2.79. The van der Waals surface area contributed by atoms with Crippen molar-refractivity contribution in [2.45, 2.75) is 36.3 Å². The Bertz CT molecular complexity index is 2440. The monoisotopic (exact) mass is 648 g/mol. The fraction of sp³-hybridized carbons (Fsp3) is 0.0233. The van der Waals surface area contributed by atoms with Crippen molar-refractivity contribution in [1.29, 1.82) is 0 Å². The van der Waals surface area contributed by atoms with Gasteiger partial charge in [-0.2, -0.15) is 0 Å². The maximum absolute atomic E-state index is 2.67. The Balaban J connectivity index is 1.32. The summed E-state index contributed by atoms with van der Waals surface area (Å²) in [6, 6.07) is 59.7. The number of hydrogen-bond donors (Lipinski definition) is 0. The van der Waals surface area contributed by atoms with Gasteiger partial charge >= 0.3 is 6.85 Å². The van der Waals surface area contributed by atoms with Crippen molar-refractivity contribution in [2.24, 2.45) is 0 Å². The van der Waals surface area contributed by atoms with Crippen molar-refractivity contribution < 1.29 is 0 Å². The van der Waals surface area contributed by atoms with E-state index in [1.807, 2.05) is 11.8 Å². The Morgan fingerprint density at radius 3 is 1.96 bits per heavy atom. The standard InChI is InChI=1S/C43H29BN2S2/c1-28-26-32-31-18-12-23-38-42(31)46(34-20-8-10-22-37(34)47-38)44-33-19-13-25-40-43(33)45(36(27-28)41(32)44)35-21-9-11-24-39(35)48(40,29-14-4-2-5-15-29)30-16-6-3-7-17-30/h2-27H,1H3. The molecule has 48 heavy (non-hydrogen) atoms. The van der Waals surface area contributed by atoms with Gasteiger partial charge in [-0.15, -0.1) is 10.0 Å². The number of aryl methyl sites for hydroxylation is 1. The van der Waals surface area contributed by atoms with Crippen LogP contribution in [0.4, 0.5) is 28.4 Å². The van der Waals surface area contributed by atoms with Crippen LogP contribution in [0, 0.1) is 6.92 Å². The van der Waals surface area contributed by atoms with E-state index in [1.165, 1.54) is 85.4 Å². The Kier molecular flexibility index (Phi) is 5.45. The van der Waals surface area contributed by atoms with Crippen molar-refractivity contribution >= 4 is 68.0 Å². The van der Waals surface area contributed by atoms with Crippen LogP contribution in [0.25, 0.3) is 11.1 Å². The summed E-state index contributed by atoms with van der Waals surface area (Å²) in [5.41, 5.74) is 13.3. The molecule has 0 aromatic heterocycles. The Labute approximate surface area is 287 Å². The van der Waals surface area contributed by atoms with Crippen LogP contribution in [0.1, 0.15) is 5.56 Å². The van der Waals surface area contributed by atoms with Gasteiger partial charge in [0.05, 0.1) is 17.1 Å². The van der Waals surface area contributed by atoms with Gasteiger partial charge in [0.25, 0.3) is 0 Å². The van der Waals surface area contributed by atoms with Crippen LogP contribution in [0.3, 0.4) is 0 Å². The molecule has 0 unspecified atom stereocenters. The van der Waals surface area contributed by atoms with E-state index >= 15 is 0 Å². The molecular formula is C43H29BN2S2. The lowest BCUT2D eigenvalue weighted by Crippen LogP contribution is -2.62. The smallest absolute Gasteiger partial charge is 0.333 e. The van der Waals surface area contributed by atoms with Crippen LogP contribution in [0.2, 0.25) is 0 Å². The molecule has 0 spiro atoms. The zero-order valence-electron chi connectivity index (χ0n) is 26.3. The van der Waals surface area contributed by atoms with Crippen molar-refractivity contribution in [3.05, 3.63) is 163 Å². The summed E-state index contributed by atoms with van der Waals surface area (Å²) in [5.74, 6) is 0. The summed E-state index contributed by atoms with van der Waals surface area (Å²) in [6.07, 6.45) is 0. The second kappa shape index (κ2) is 9.73. The number of hydrogen-bond acceptors (Lipinski definition) is 3. The highest BCUT2D eigenvalue weighted by atomic mass is 32.3. The van der Waals surface area contributed by atoms with Crippen LogP contribution in [-0.4, -0.2) is 6.85 Å². The lowest BCUT2D eigenvalue weighted by molar-refractivity contribution is 1.11. The second-order valence-corrected chi connectivity index (χ2v) is 17.1. The third-order valence-corrected chi connectivity index (χ3v) is 15.5. The molecule has 4 aliphatic rings. The maximum Gasteiger partial charge on any atom is 0.333 e. The van der Waals surface area contributed by atoms with E-state index in [0.717, 1.165) is 0 Å². The van der Waals surface area contributed by atoms with Gasteiger partial charge in [0, 0.05) is 46.3 Å². The molecule has 0 N–H and O–H groups in total. The summed E-state index contributed by atoms with van der Waals surface area (Å²) in [7, 11) is -1.85. The molecule has 2 nitrogen and oxygen atoms in total. The average Bonchev–Trinajstić information content (AvgIpc) is 3.14. The molecule has 226 valence electrons. The van der Waals surface area contributed by atoms with Gasteiger partial charge in [0.15, 0.2) is 0 Å². The highest BCUT2D eigenvalue weighted by molar-refractivity contribution is 8.34. The molecule has 0 saturated heterocycles. The number of rotatable bonds is 2. The first-order valence-electron chi connectivity index (χ1n) is 16.5. The van der Waals surface area contributed by atoms with Crippen molar-refractivity contribution in [2.75, 3.05) is 9.71 Å². The van der Waals surface area contributed by atoms with Crippen LogP contribution in [0.15, 0.2) is 187 Å². The normalized spacial score (nSPS) is 15.8. The molecule has 4 aliphatic heterocycles. The van der Waals surface area contributed by atoms with E-state index in [-0.39, 0.29) is 6.85 Å².